The first kappa shape index (κ1) is 28.6. The van der Waals surface area contributed by atoms with Crippen LogP contribution in [-0.4, -0.2) is 37.8 Å². The Morgan fingerprint density at radius 2 is 1.67 bits per heavy atom. The third-order valence-corrected chi connectivity index (χ3v) is 8.42. The number of fused-ring (bicyclic) bond motifs is 3. The number of hydrogen-bond donors (Lipinski definition) is 1. The van der Waals surface area contributed by atoms with E-state index in [1.54, 1.807) is 22.0 Å². The van der Waals surface area contributed by atoms with Gasteiger partial charge in [0.05, 0.1) is 30.2 Å². The highest BCUT2D eigenvalue weighted by atomic mass is 16.5. The summed E-state index contributed by atoms with van der Waals surface area (Å²) in [6.07, 6.45) is 6.84. The van der Waals surface area contributed by atoms with Crippen molar-refractivity contribution in [2.24, 2.45) is 11.8 Å². The molecule has 1 aliphatic rings. The maximum atomic E-state index is 13.8. The predicted octanol–water partition coefficient (Wildman–Crippen LogP) is 7.15. The second-order valence-electron chi connectivity index (χ2n) is 11.9. The summed E-state index contributed by atoms with van der Waals surface area (Å²) in [4.78, 5) is 31.9. The Labute approximate surface area is 250 Å². The lowest BCUT2D eigenvalue weighted by Crippen LogP contribution is -2.42. The summed E-state index contributed by atoms with van der Waals surface area (Å²) in [5, 5.41) is 15.9. The number of carbonyl (C=O) groups is 2. The van der Waals surface area contributed by atoms with Gasteiger partial charge in [-0.2, -0.15) is 5.10 Å². The molecular formula is C34H36N4O5. The summed E-state index contributed by atoms with van der Waals surface area (Å²) < 4.78 is 13.8. The van der Waals surface area contributed by atoms with Crippen LogP contribution < -0.4 is 4.90 Å². The van der Waals surface area contributed by atoms with E-state index in [1.165, 1.54) is 6.33 Å². The highest BCUT2D eigenvalue weighted by molar-refractivity contribution is 6.12. The Bertz CT molecular complexity index is 1750. The number of nitrogens with zero attached hydrogens (tertiary/aromatic N) is 4. The van der Waals surface area contributed by atoms with Crippen molar-refractivity contribution in [2.45, 2.75) is 65.7 Å². The van der Waals surface area contributed by atoms with Crippen molar-refractivity contribution in [3.63, 3.8) is 0 Å². The van der Waals surface area contributed by atoms with Gasteiger partial charge in [-0.15, -0.1) is 0 Å². The molecule has 1 aliphatic carbocycles. The third-order valence-electron chi connectivity index (χ3n) is 8.42. The second-order valence-corrected chi connectivity index (χ2v) is 11.9. The maximum Gasteiger partial charge on any atom is 0.337 e. The molecule has 0 spiro atoms. The summed E-state index contributed by atoms with van der Waals surface area (Å²) in [5.41, 5.74) is 4.54. The molecule has 0 atom stereocenters. The van der Waals surface area contributed by atoms with Gasteiger partial charge >= 0.3 is 5.97 Å². The number of carbonyl (C=O) groups excluding carboxylic acids is 1. The average Bonchev–Trinajstić information content (AvgIpc) is 3.66. The Hall–Kier alpha value is -4.50. The molecule has 0 unspecified atom stereocenters. The van der Waals surface area contributed by atoms with Crippen LogP contribution >= 0.6 is 0 Å². The minimum absolute atomic E-state index is 0.0000359. The molecule has 0 aliphatic heterocycles. The molecule has 5 aromatic rings. The average molecular weight is 581 g/mol. The number of rotatable bonds is 9. The molecule has 43 heavy (non-hydrogen) atoms. The van der Waals surface area contributed by atoms with Crippen molar-refractivity contribution in [3.8, 4) is 5.69 Å². The van der Waals surface area contributed by atoms with Gasteiger partial charge in [0.1, 0.15) is 23.8 Å². The quantitative estimate of drug-likeness (QED) is 0.197. The summed E-state index contributed by atoms with van der Waals surface area (Å²) >= 11 is 0. The van der Waals surface area contributed by atoms with E-state index in [9.17, 15) is 14.7 Å². The zero-order chi connectivity index (χ0) is 30.1. The molecule has 1 N–H and O–H groups in total. The highest BCUT2D eigenvalue weighted by Gasteiger charge is 2.33. The van der Waals surface area contributed by atoms with Gasteiger partial charge in [-0.25, -0.2) is 14.5 Å². The van der Waals surface area contributed by atoms with Crippen LogP contribution in [-0.2, 0) is 22.7 Å². The van der Waals surface area contributed by atoms with E-state index in [1.807, 2.05) is 62.4 Å². The largest absolute Gasteiger partial charge is 0.478 e. The monoisotopic (exact) mass is 580 g/mol. The van der Waals surface area contributed by atoms with Gasteiger partial charge in [0.15, 0.2) is 0 Å². The van der Waals surface area contributed by atoms with Crippen LogP contribution in [0.25, 0.3) is 27.6 Å². The number of anilines is 1. The van der Waals surface area contributed by atoms with Crippen molar-refractivity contribution in [1.29, 1.82) is 0 Å². The van der Waals surface area contributed by atoms with E-state index in [4.69, 9.17) is 9.15 Å². The topological polar surface area (TPSA) is 111 Å². The minimum atomic E-state index is -1.09. The lowest BCUT2D eigenvalue weighted by molar-refractivity contribution is -0.123. The molecule has 1 fully saturated rings. The van der Waals surface area contributed by atoms with Crippen LogP contribution in [0, 0.1) is 11.8 Å². The number of aromatic carboxylic acids is 1. The minimum Gasteiger partial charge on any atom is -0.478 e. The summed E-state index contributed by atoms with van der Waals surface area (Å²) in [6, 6.07) is 17.0. The van der Waals surface area contributed by atoms with E-state index in [0.29, 0.717) is 36.0 Å². The standard InChI is InChI=1S/C34H36N4O5/c1-21(2)38(33(39)25-9-4-22(3)5-10-25)30-15-28-27-14-24(8-13-31(27)43-32(28)16-29(30)34(40)41)18-42-17-23-6-11-26(12-7-23)37-20-35-19-36-37/h6-8,11-16,19-22,25H,4-5,9-10,17-18H2,1-3H3,(H,40,41). The zero-order valence-corrected chi connectivity index (χ0v) is 24.7. The van der Waals surface area contributed by atoms with Crippen molar-refractivity contribution in [2.75, 3.05) is 4.90 Å². The van der Waals surface area contributed by atoms with Crippen LogP contribution in [0.15, 0.2) is 71.7 Å². The lowest BCUT2D eigenvalue weighted by Gasteiger charge is -2.34. The second kappa shape index (κ2) is 12.0. The molecular weight excluding hydrogens is 544 g/mol. The Balaban J connectivity index is 1.26. The van der Waals surface area contributed by atoms with E-state index >= 15 is 0 Å². The SMILES string of the molecule is CC1CCC(C(=O)N(c2cc3c(cc2C(=O)O)oc2ccc(COCc4ccc(-n5cncn5)cc4)cc23)C(C)C)CC1. The normalized spacial score (nSPS) is 17.1. The summed E-state index contributed by atoms with van der Waals surface area (Å²) in [6.45, 7) is 6.93. The zero-order valence-electron chi connectivity index (χ0n) is 24.7. The fourth-order valence-electron chi connectivity index (χ4n) is 6.05. The number of amides is 1. The fourth-order valence-corrected chi connectivity index (χ4v) is 6.05. The molecule has 2 aromatic heterocycles. The number of aromatic nitrogens is 3. The van der Waals surface area contributed by atoms with Crippen LogP contribution in [0.2, 0.25) is 0 Å². The smallest absolute Gasteiger partial charge is 0.337 e. The lowest BCUT2D eigenvalue weighted by atomic mass is 9.82. The number of carboxylic acid groups (broad SMARTS) is 1. The molecule has 2 heterocycles. The number of ether oxygens (including phenoxy) is 1. The molecule has 9 nitrogen and oxygen atoms in total. The van der Waals surface area contributed by atoms with E-state index in [0.717, 1.165) is 53.3 Å². The van der Waals surface area contributed by atoms with Crippen LogP contribution in [0.5, 0.6) is 0 Å². The number of furan rings is 1. The maximum absolute atomic E-state index is 13.8. The molecule has 222 valence electrons. The van der Waals surface area contributed by atoms with Crippen molar-refractivity contribution in [3.05, 3.63) is 83.9 Å². The Kier molecular flexibility index (Phi) is 7.99. The van der Waals surface area contributed by atoms with Crippen LogP contribution in [0.4, 0.5) is 5.69 Å². The molecule has 6 rings (SSSR count). The van der Waals surface area contributed by atoms with Gasteiger partial charge in [0.25, 0.3) is 0 Å². The van der Waals surface area contributed by atoms with Gasteiger partial charge in [-0.1, -0.05) is 25.1 Å². The van der Waals surface area contributed by atoms with E-state index < -0.39 is 5.97 Å². The molecule has 3 aromatic carbocycles. The fraction of sp³-hybridized carbons (Fsp3) is 0.353. The van der Waals surface area contributed by atoms with Crippen molar-refractivity contribution < 1.29 is 23.8 Å². The summed E-state index contributed by atoms with van der Waals surface area (Å²) in [7, 11) is 0. The third kappa shape index (κ3) is 5.90. The Morgan fingerprint density at radius 3 is 2.35 bits per heavy atom. The molecule has 1 saturated carbocycles. The number of carboxylic acids is 1. The van der Waals surface area contributed by atoms with Gasteiger partial charge in [-0.3, -0.25) is 4.79 Å². The van der Waals surface area contributed by atoms with Crippen LogP contribution in [0.3, 0.4) is 0 Å². The van der Waals surface area contributed by atoms with Crippen molar-refractivity contribution >= 4 is 39.5 Å². The van der Waals surface area contributed by atoms with Gasteiger partial charge in [0, 0.05) is 22.7 Å². The molecule has 0 saturated heterocycles. The first-order chi connectivity index (χ1) is 20.8. The number of hydrogen-bond acceptors (Lipinski definition) is 6. The molecule has 0 radical (unpaired) electrons. The summed E-state index contributed by atoms with van der Waals surface area (Å²) in [5.74, 6) is -0.570. The van der Waals surface area contributed by atoms with Gasteiger partial charge in [-0.05, 0) is 93.0 Å². The first-order valence-electron chi connectivity index (χ1n) is 14.9. The Morgan fingerprint density at radius 1 is 0.977 bits per heavy atom. The van der Waals surface area contributed by atoms with Gasteiger partial charge in [0.2, 0.25) is 5.91 Å². The van der Waals surface area contributed by atoms with E-state index in [2.05, 4.69) is 17.0 Å². The number of benzene rings is 3. The highest BCUT2D eigenvalue weighted by Crippen LogP contribution is 2.38. The first-order valence-corrected chi connectivity index (χ1v) is 14.9. The molecule has 0 bridgehead atoms. The van der Waals surface area contributed by atoms with Gasteiger partial charge < -0.3 is 19.2 Å². The van der Waals surface area contributed by atoms with Crippen LogP contribution in [0.1, 0.15) is 67.9 Å². The van der Waals surface area contributed by atoms with E-state index in [-0.39, 0.29) is 23.4 Å². The van der Waals surface area contributed by atoms with Crippen molar-refractivity contribution in [1.82, 2.24) is 14.8 Å². The molecule has 1 amide bonds. The predicted molar refractivity (Wildman–Crippen MR) is 164 cm³/mol. The molecule has 9 heteroatoms.